The molecule has 0 saturated heterocycles. The van der Waals surface area contributed by atoms with Crippen molar-refractivity contribution >= 4 is 27.3 Å². The van der Waals surface area contributed by atoms with Gasteiger partial charge in [0.15, 0.2) is 11.5 Å². The molecule has 2 aromatic carbocycles. The van der Waals surface area contributed by atoms with Crippen LogP contribution in [0, 0.1) is 0 Å². The standard InChI is InChI=1S/C22H23N3O6S/c1-15(22(26)23-14-18-3-2-10-29-18)24-16-4-6-17(7-5-16)25-32(27,28)19-8-9-20-21(13-19)31-12-11-30-20/h2-10,13,15,24-25H,11-12,14H2,1H3,(H,23,26)/t15-/m1/s1. The monoisotopic (exact) mass is 457 g/mol. The van der Waals surface area contributed by atoms with Crippen LogP contribution in [-0.4, -0.2) is 33.6 Å². The molecule has 0 aliphatic carbocycles. The second-order valence-electron chi connectivity index (χ2n) is 7.15. The van der Waals surface area contributed by atoms with Gasteiger partial charge in [0.25, 0.3) is 10.0 Å². The predicted molar refractivity (Wildman–Crippen MR) is 118 cm³/mol. The van der Waals surface area contributed by atoms with Crippen LogP contribution in [0.15, 0.2) is 70.2 Å². The van der Waals surface area contributed by atoms with Crippen molar-refractivity contribution in [1.29, 1.82) is 0 Å². The lowest BCUT2D eigenvalue weighted by Crippen LogP contribution is -2.37. The van der Waals surface area contributed by atoms with Gasteiger partial charge in [-0.2, -0.15) is 0 Å². The summed E-state index contributed by atoms with van der Waals surface area (Å²) in [5.74, 6) is 1.40. The van der Waals surface area contributed by atoms with Gasteiger partial charge in [-0.25, -0.2) is 8.42 Å². The number of ether oxygens (including phenoxy) is 2. The molecular formula is C22H23N3O6S. The Bertz CT molecular complexity index is 1180. The van der Waals surface area contributed by atoms with Gasteiger partial charge in [-0.3, -0.25) is 9.52 Å². The molecule has 1 amide bonds. The lowest BCUT2D eigenvalue weighted by Gasteiger charge is -2.19. The fraction of sp³-hybridized carbons (Fsp3) is 0.227. The minimum absolute atomic E-state index is 0.0748. The van der Waals surface area contributed by atoms with Gasteiger partial charge in [0.1, 0.15) is 25.0 Å². The van der Waals surface area contributed by atoms with Gasteiger partial charge < -0.3 is 24.5 Å². The molecule has 0 spiro atoms. The molecule has 3 N–H and O–H groups in total. The number of hydrogen-bond acceptors (Lipinski definition) is 7. The van der Waals surface area contributed by atoms with E-state index in [1.54, 1.807) is 55.7 Å². The number of rotatable bonds is 8. The predicted octanol–water partition coefficient (Wildman–Crippen LogP) is 2.97. The molecular weight excluding hydrogens is 434 g/mol. The maximum absolute atomic E-state index is 12.7. The van der Waals surface area contributed by atoms with Crippen molar-refractivity contribution in [3.05, 3.63) is 66.6 Å². The largest absolute Gasteiger partial charge is 0.486 e. The van der Waals surface area contributed by atoms with Crippen LogP contribution in [0.25, 0.3) is 0 Å². The summed E-state index contributed by atoms with van der Waals surface area (Å²) in [5, 5.41) is 5.86. The van der Waals surface area contributed by atoms with Crippen molar-refractivity contribution in [3.63, 3.8) is 0 Å². The van der Waals surface area contributed by atoms with Crippen LogP contribution < -0.4 is 24.8 Å². The number of sulfonamides is 1. The van der Waals surface area contributed by atoms with Crippen molar-refractivity contribution in [2.45, 2.75) is 24.4 Å². The van der Waals surface area contributed by atoms with Crippen LogP contribution in [0.4, 0.5) is 11.4 Å². The molecule has 0 saturated carbocycles. The highest BCUT2D eigenvalue weighted by molar-refractivity contribution is 7.92. The Hall–Kier alpha value is -3.66. The Morgan fingerprint density at radius 3 is 2.44 bits per heavy atom. The first-order valence-corrected chi connectivity index (χ1v) is 11.5. The van der Waals surface area contributed by atoms with E-state index in [1.165, 1.54) is 12.1 Å². The second-order valence-corrected chi connectivity index (χ2v) is 8.83. The Morgan fingerprint density at radius 1 is 1.00 bits per heavy atom. The third-order valence-electron chi connectivity index (χ3n) is 4.75. The Labute approximate surface area is 185 Å². The van der Waals surface area contributed by atoms with Crippen molar-refractivity contribution < 1.29 is 27.1 Å². The van der Waals surface area contributed by atoms with Crippen molar-refractivity contribution in [2.75, 3.05) is 23.3 Å². The lowest BCUT2D eigenvalue weighted by molar-refractivity contribution is -0.121. The number of furan rings is 1. The maximum Gasteiger partial charge on any atom is 0.262 e. The van der Waals surface area contributed by atoms with Gasteiger partial charge in [-0.05, 0) is 55.5 Å². The molecule has 10 heteroatoms. The number of anilines is 2. The molecule has 1 atom stereocenters. The van der Waals surface area contributed by atoms with Crippen LogP contribution in [-0.2, 0) is 21.4 Å². The molecule has 9 nitrogen and oxygen atoms in total. The topological polar surface area (TPSA) is 119 Å². The Morgan fingerprint density at radius 2 is 1.72 bits per heavy atom. The molecule has 3 aromatic rings. The second kappa shape index (κ2) is 9.23. The van der Waals surface area contributed by atoms with E-state index in [2.05, 4.69) is 15.4 Å². The van der Waals surface area contributed by atoms with Crippen LogP contribution >= 0.6 is 0 Å². The molecule has 1 aliphatic heterocycles. The summed E-state index contributed by atoms with van der Waals surface area (Å²) < 4.78 is 44.1. The minimum Gasteiger partial charge on any atom is -0.486 e. The summed E-state index contributed by atoms with van der Waals surface area (Å²) in [6, 6.07) is 14.1. The van der Waals surface area contributed by atoms with Gasteiger partial charge in [0, 0.05) is 17.4 Å². The Balaban J connectivity index is 1.35. The molecule has 4 rings (SSSR count). The van der Waals surface area contributed by atoms with Crippen LogP contribution in [0.2, 0.25) is 0 Å². The number of nitrogens with one attached hydrogen (secondary N) is 3. The SMILES string of the molecule is C[C@@H](Nc1ccc(NS(=O)(=O)c2ccc3c(c2)OCCO3)cc1)C(=O)NCc1ccco1. The molecule has 1 aromatic heterocycles. The number of fused-ring (bicyclic) bond motifs is 1. The summed E-state index contributed by atoms with van der Waals surface area (Å²) in [5.41, 5.74) is 1.06. The highest BCUT2D eigenvalue weighted by atomic mass is 32.2. The first-order chi connectivity index (χ1) is 15.4. The number of amides is 1. The summed E-state index contributed by atoms with van der Waals surface area (Å²) in [6.07, 6.45) is 1.55. The zero-order valence-corrected chi connectivity index (χ0v) is 18.1. The van der Waals surface area contributed by atoms with Crippen molar-refractivity contribution in [2.24, 2.45) is 0 Å². The molecule has 0 bridgehead atoms. The van der Waals surface area contributed by atoms with Gasteiger partial charge >= 0.3 is 0 Å². The molecule has 0 radical (unpaired) electrons. The molecule has 168 valence electrons. The highest BCUT2D eigenvalue weighted by Gasteiger charge is 2.20. The van der Waals surface area contributed by atoms with E-state index in [1.807, 2.05) is 0 Å². The van der Waals surface area contributed by atoms with E-state index in [9.17, 15) is 13.2 Å². The number of carbonyl (C=O) groups is 1. The first kappa shape index (κ1) is 21.6. The van der Waals surface area contributed by atoms with E-state index >= 15 is 0 Å². The molecule has 32 heavy (non-hydrogen) atoms. The zero-order chi connectivity index (χ0) is 22.6. The summed E-state index contributed by atoms with van der Waals surface area (Å²) in [6.45, 7) is 2.84. The average molecular weight is 458 g/mol. The van der Waals surface area contributed by atoms with Crippen molar-refractivity contribution in [3.8, 4) is 11.5 Å². The molecule has 1 aliphatic rings. The van der Waals surface area contributed by atoms with E-state index in [4.69, 9.17) is 13.9 Å². The number of hydrogen-bond donors (Lipinski definition) is 3. The van der Waals surface area contributed by atoms with Crippen LogP contribution in [0.1, 0.15) is 12.7 Å². The van der Waals surface area contributed by atoms with Crippen LogP contribution in [0.5, 0.6) is 11.5 Å². The quantitative estimate of drug-likeness (QED) is 0.476. The maximum atomic E-state index is 12.7. The smallest absolute Gasteiger partial charge is 0.262 e. The zero-order valence-electron chi connectivity index (χ0n) is 17.3. The van der Waals surface area contributed by atoms with Gasteiger partial charge in [0.2, 0.25) is 5.91 Å². The van der Waals surface area contributed by atoms with Crippen LogP contribution in [0.3, 0.4) is 0 Å². The van der Waals surface area contributed by atoms with E-state index in [-0.39, 0.29) is 10.8 Å². The first-order valence-electron chi connectivity index (χ1n) is 10.00. The molecule has 2 heterocycles. The fourth-order valence-electron chi connectivity index (χ4n) is 3.10. The summed E-state index contributed by atoms with van der Waals surface area (Å²) in [4.78, 5) is 12.3. The third kappa shape index (κ3) is 5.14. The summed E-state index contributed by atoms with van der Waals surface area (Å²) in [7, 11) is -3.80. The van der Waals surface area contributed by atoms with Gasteiger partial charge in [0.05, 0.1) is 17.7 Å². The third-order valence-corrected chi connectivity index (χ3v) is 6.13. The number of benzene rings is 2. The summed E-state index contributed by atoms with van der Waals surface area (Å²) >= 11 is 0. The minimum atomic E-state index is -3.80. The normalized spacial score (nSPS) is 13.8. The van der Waals surface area contributed by atoms with Gasteiger partial charge in [-0.15, -0.1) is 0 Å². The van der Waals surface area contributed by atoms with E-state index in [0.29, 0.717) is 48.4 Å². The van der Waals surface area contributed by atoms with E-state index in [0.717, 1.165) is 0 Å². The lowest BCUT2D eigenvalue weighted by atomic mass is 10.2. The fourth-order valence-corrected chi connectivity index (χ4v) is 4.17. The van der Waals surface area contributed by atoms with E-state index < -0.39 is 16.1 Å². The van der Waals surface area contributed by atoms with Crippen molar-refractivity contribution in [1.82, 2.24) is 5.32 Å². The highest BCUT2D eigenvalue weighted by Crippen LogP contribution is 2.32. The number of carbonyl (C=O) groups excluding carboxylic acids is 1. The average Bonchev–Trinajstić information content (AvgIpc) is 3.32. The molecule has 0 fully saturated rings. The molecule has 0 unspecified atom stereocenters. The Kier molecular flexibility index (Phi) is 6.22. The van der Waals surface area contributed by atoms with Gasteiger partial charge in [-0.1, -0.05) is 0 Å².